The smallest absolute Gasteiger partial charge is 0.314 e. The molecule has 0 amide bonds. The van der Waals surface area contributed by atoms with Gasteiger partial charge >= 0.3 is 5.97 Å². The number of rotatable bonds is 3. The highest BCUT2D eigenvalue weighted by molar-refractivity contribution is 5.88. The van der Waals surface area contributed by atoms with Gasteiger partial charge in [0, 0.05) is 11.8 Å². The average Bonchev–Trinajstić information content (AvgIpc) is 2.96. The van der Waals surface area contributed by atoms with E-state index in [2.05, 4.69) is 13.8 Å². The second-order valence-electron chi connectivity index (χ2n) is 12.8. The van der Waals surface area contributed by atoms with Crippen LogP contribution in [0.25, 0.3) is 0 Å². The quantitative estimate of drug-likeness (QED) is 0.449. The van der Waals surface area contributed by atoms with Gasteiger partial charge in [0.15, 0.2) is 0 Å². The summed E-state index contributed by atoms with van der Waals surface area (Å²) in [6, 6.07) is 0. The van der Waals surface area contributed by atoms with E-state index in [0.29, 0.717) is 24.5 Å². The first kappa shape index (κ1) is 24.6. The Morgan fingerprint density at radius 3 is 2.41 bits per heavy atom. The van der Waals surface area contributed by atoms with Crippen LogP contribution in [0.15, 0.2) is 0 Å². The van der Waals surface area contributed by atoms with Gasteiger partial charge in [0.2, 0.25) is 6.29 Å². The highest BCUT2D eigenvalue weighted by Gasteiger charge is 2.68. The lowest BCUT2D eigenvalue weighted by Crippen LogP contribution is -2.62. The van der Waals surface area contributed by atoms with Crippen molar-refractivity contribution in [3.05, 3.63) is 0 Å². The van der Waals surface area contributed by atoms with Crippen molar-refractivity contribution in [2.75, 3.05) is 6.61 Å². The van der Waals surface area contributed by atoms with Gasteiger partial charge in [0.1, 0.15) is 30.2 Å². The number of hydrogen-bond donors (Lipinski definition) is 4. The Morgan fingerprint density at radius 1 is 1.00 bits per heavy atom. The van der Waals surface area contributed by atoms with E-state index in [-0.39, 0.29) is 22.2 Å². The normalized spacial score (nSPS) is 54.8. The molecular weight excluding hydrogens is 440 g/mol. The Hall–Kier alpha value is -1.06. The monoisotopic (exact) mass is 480 g/mol. The lowest BCUT2D eigenvalue weighted by atomic mass is 9.40. The number of fused-ring (bicyclic) bond motifs is 3. The van der Waals surface area contributed by atoms with E-state index in [9.17, 15) is 30.0 Å². The molecule has 11 unspecified atom stereocenters. The van der Waals surface area contributed by atoms with Crippen molar-refractivity contribution in [3.8, 4) is 0 Å². The zero-order valence-corrected chi connectivity index (χ0v) is 20.5. The standard InChI is InChI=1S/C26H40O8/c1-23-9-5-16-24(2)7-4-8-25(3,15(24)6-10-26(16,13-23)11-17(23)28)22(32)34-21-20(31)19(30)18(29)14(12-27)33-21/h14-16,18-21,27,29-31H,4-13H2,1-3H3. The Bertz CT molecular complexity index is 860. The largest absolute Gasteiger partial charge is 0.432 e. The number of ether oxygens (including phenoxy) is 2. The van der Waals surface area contributed by atoms with E-state index >= 15 is 0 Å². The molecule has 8 heteroatoms. The van der Waals surface area contributed by atoms with Crippen LogP contribution in [0.1, 0.15) is 78.6 Å². The minimum Gasteiger partial charge on any atom is -0.432 e. The summed E-state index contributed by atoms with van der Waals surface area (Å²) in [6.07, 6.45) is 0.706. The lowest BCUT2D eigenvalue weighted by molar-refractivity contribution is -0.298. The number of esters is 1. The van der Waals surface area contributed by atoms with Gasteiger partial charge < -0.3 is 29.9 Å². The molecule has 1 saturated heterocycles. The summed E-state index contributed by atoms with van der Waals surface area (Å²) in [7, 11) is 0. The van der Waals surface area contributed by atoms with Crippen LogP contribution < -0.4 is 0 Å². The Kier molecular flexibility index (Phi) is 5.77. The van der Waals surface area contributed by atoms with Crippen LogP contribution in [0.5, 0.6) is 0 Å². The number of hydrogen-bond acceptors (Lipinski definition) is 8. The van der Waals surface area contributed by atoms with Crippen molar-refractivity contribution in [3.63, 3.8) is 0 Å². The molecule has 5 aliphatic rings. The molecule has 1 aliphatic heterocycles. The van der Waals surface area contributed by atoms with Gasteiger partial charge in [-0.1, -0.05) is 20.3 Å². The second-order valence-corrected chi connectivity index (χ2v) is 12.8. The Balaban J connectivity index is 1.39. The summed E-state index contributed by atoms with van der Waals surface area (Å²) in [4.78, 5) is 26.6. The van der Waals surface area contributed by atoms with Crippen LogP contribution >= 0.6 is 0 Å². The molecule has 4 saturated carbocycles. The number of carbonyl (C=O) groups is 2. The topological polar surface area (TPSA) is 134 Å². The van der Waals surface area contributed by atoms with Crippen molar-refractivity contribution in [2.45, 2.75) is 109 Å². The maximum absolute atomic E-state index is 13.7. The van der Waals surface area contributed by atoms with Crippen LogP contribution in [0.4, 0.5) is 0 Å². The summed E-state index contributed by atoms with van der Waals surface area (Å²) in [5, 5.41) is 40.0. The molecule has 4 aliphatic carbocycles. The number of ketones is 1. The van der Waals surface area contributed by atoms with E-state index in [1.54, 1.807) is 0 Å². The van der Waals surface area contributed by atoms with E-state index < -0.39 is 48.7 Å². The predicted molar refractivity (Wildman–Crippen MR) is 120 cm³/mol. The maximum atomic E-state index is 13.7. The molecule has 4 N–H and O–H groups in total. The fourth-order valence-electron chi connectivity index (χ4n) is 9.15. The summed E-state index contributed by atoms with van der Waals surface area (Å²) in [5.74, 6) is 0.435. The SMILES string of the molecule is CC12CCC3C(CCC4C(C)(C(=O)OC5OC(CO)C(O)C(O)C5O)CCCC34C)(CC1=O)C2. The van der Waals surface area contributed by atoms with E-state index in [1.807, 2.05) is 6.92 Å². The highest BCUT2D eigenvalue weighted by Crippen LogP contribution is 2.73. The van der Waals surface area contributed by atoms with Crippen LogP contribution in [0.2, 0.25) is 0 Å². The van der Waals surface area contributed by atoms with Crippen LogP contribution in [-0.2, 0) is 19.1 Å². The summed E-state index contributed by atoms with van der Waals surface area (Å²) in [6.45, 7) is 5.83. The number of Topliss-reactive ketones (excluding diaryl/α,β-unsaturated/α-hetero) is 1. The molecule has 0 aromatic carbocycles. The maximum Gasteiger partial charge on any atom is 0.314 e. The van der Waals surface area contributed by atoms with Gasteiger partial charge in [-0.25, -0.2) is 0 Å². The highest BCUT2D eigenvalue weighted by atomic mass is 16.7. The lowest BCUT2D eigenvalue weighted by Gasteiger charge is -2.64. The van der Waals surface area contributed by atoms with Crippen LogP contribution in [0, 0.1) is 33.5 Å². The molecule has 5 rings (SSSR count). The molecule has 5 fully saturated rings. The Labute approximate surface area is 201 Å². The van der Waals surface area contributed by atoms with Gasteiger partial charge in [0.25, 0.3) is 0 Å². The molecule has 2 bridgehead atoms. The minimum absolute atomic E-state index is 0.0504. The van der Waals surface area contributed by atoms with Gasteiger partial charge in [-0.2, -0.15) is 0 Å². The third-order valence-electron chi connectivity index (χ3n) is 10.9. The zero-order chi connectivity index (χ0) is 24.7. The molecule has 11 atom stereocenters. The summed E-state index contributed by atoms with van der Waals surface area (Å²) < 4.78 is 11.1. The van der Waals surface area contributed by atoms with Crippen molar-refractivity contribution in [1.82, 2.24) is 0 Å². The Morgan fingerprint density at radius 2 is 1.71 bits per heavy atom. The van der Waals surface area contributed by atoms with E-state index in [1.165, 1.54) is 0 Å². The number of carbonyl (C=O) groups excluding carboxylic acids is 2. The first-order valence-corrected chi connectivity index (χ1v) is 13.0. The van der Waals surface area contributed by atoms with Crippen molar-refractivity contribution in [2.24, 2.45) is 33.5 Å². The third kappa shape index (κ3) is 3.28. The molecule has 1 spiro atoms. The predicted octanol–water partition coefficient (Wildman–Crippen LogP) is 1.70. The first-order chi connectivity index (χ1) is 15.9. The van der Waals surface area contributed by atoms with Crippen molar-refractivity contribution in [1.29, 1.82) is 0 Å². The van der Waals surface area contributed by atoms with Crippen LogP contribution in [0.3, 0.4) is 0 Å². The van der Waals surface area contributed by atoms with Gasteiger partial charge in [0.05, 0.1) is 12.0 Å². The molecular formula is C26H40O8. The van der Waals surface area contributed by atoms with Gasteiger partial charge in [-0.3, -0.25) is 9.59 Å². The molecule has 0 aromatic heterocycles. The zero-order valence-electron chi connectivity index (χ0n) is 20.5. The summed E-state index contributed by atoms with van der Waals surface area (Å²) >= 11 is 0. The molecule has 192 valence electrons. The fraction of sp³-hybridized carbons (Fsp3) is 0.923. The second kappa shape index (κ2) is 7.97. The fourth-order valence-corrected chi connectivity index (χ4v) is 9.15. The van der Waals surface area contributed by atoms with Gasteiger partial charge in [-0.15, -0.1) is 0 Å². The van der Waals surface area contributed by atoms with Crippen molar-refractivity contribution >= 4 is 11.8 Å². The average molecular weight is 481 g/mol. The first-order valence-electron chi connectivity index (χ1n) is 13.0. The molecule has 0 aromatic rings. The summed E-state index contributed by atoms with van der Waals surface area (Å²) in [5.41, 5.74) is -0.989. The van der Waals surface area contributed by atoms with Gasteiger partial charge in [-0.05, 0) is 74.5 Å². The third-order valence-corrected chi connectivity index (χ3v) is 10.9. The number of aliphatic hydroxyl groups excluding tert-OH is 4. The molecule has 34 heavy (non-hydrogen) atoms. The van der Waals surface area contributed by atoms with Crippen LogP contribution in [-0.4, -0.2) is 69.5 Å². The molecule has 1 heterocycles. The van der Waals surface area contributed by atoms with E-state index in [4.69, 9.17) is 9.47 Å². The van der Waals surface area contributed by atoms with Crippen molar-refractivity contribution < 1.29 is 39.5 Å². The van der Waals surface area contributed by atoms with E-state index in [0.717, 1.165) is 44.9 Å². The molecule has 8 nitrogen and oxygen atoms in total. The number of aliphatic hydroxyl groups is 4. The molecule has 0 radical (unpaired) electrons. The minimum atomic E-state index is -1.60.